The Hall–Kier alpha value is -1.72. The fraction of sp³-hybridized carbons (Fsp3) is 0.375. The van der Waals surface area contributed by atoms with Gasteiger partial charge in [0.25, 0.3) is 0 Å². The van der Waals surface area contributed by atoms with Crippen LogP contribution in [0.15, 0.2) is 23.6 Å². The number of rotatable bonds is 3. The van der Waals surface area contributed by atoms with Crippen LogP contribution in [0.2, 0.25) is 0 Å². The molecule has 21 heavy (non-hydrogen) atoms. The standard InChI is InChI=1S/C16H18N4S/c17-8-7-15-18-19-16-20(15)14(10-21-16)13-6-5-11-3-1-2-4-12(11)9-13/h5-6,9-10H,1-4,7-8,17H2. The number of nitrogens with two attached hydrogens (primary N) is 1. The van der Waals surface area contributed by atoms with E-state index < -0.39 is 0 Å². The van der Waals surface area contributed by atoms with E-state index >= 15 is 0 Å². The van der Waals surface area contributed by atoms with Crippen molar-refractivity contribution in [2.75, 3.05) is 6.54 Å². The largest absolute Gasteiger partial charge is 0.330 e. The van der Waals surface area contributed by atoms with Crippen molar-refractivity contribution in [1.29, 1.82) is 0 Å². The summed E-state index contributed by atoms with van der Waals surface area (Å²) < 4.78 is 2.15. The summed E-state index contributed by atoms with van der Waals surface area (Å²) in [5, 5.41) is 10.7. The van der Waals surface area contributed by atoms with Gasteiger partial charge in [0.1, 0.15) is 5.82 Å². The number of thiazole rings is 1. The molecular formula is C16H18N4S. The molecule has 0 bridgehead atoms. The van der Waals surface area contributed by atoms with Crippen LogP contribution in [-0.4, -0.2) is 21.1 Å². The van der Waals surface area contributed by atoms with Gasteiger partial charge in [0.05, 0.1) is 5.69 Å². The van der Waals surface area contributed by atoms with Crippen LogP contribution in [0.3, 0.4) is 0 Å². The lowest BCUT2D eigenvalue weighted by atomic mass is 9.90. The predicted molar refractivity (Wildman–Crippen MR) is 85.7 cm³/mol. The van der Waals surface area contributed by atoms with Crippen molar-refractivity contribution in [3.05, 3.63) is 40.5 Å². The molecule has 4 rings (SSSR count). The predicted octanol–water partition coefficient (Wildman–Crippen LogP) is 2.84. The molecule has 0 radical (unpaired) electrons. The third-order valence-corrected chi connectivity index (χ3v) is 5.05. The SMILES string of the molecule is NCCc1nnc2scc(-c3ccc4c(c3)CCCC4)n12. The summed E-state index contributed by atoms with van der Waals surface area (Å²) >= 11 is 1.64. The minimum atomic E-state index is 0.597. The molecular weight excluding hydrogens is 280 g/mol. The summed E-state index contributed by atoms with van der Waals surface area (Å²) in [6.45, 7) is 0.597. The first-order valence-corrected chi connectivity index (χ1v) is 8.38. The average Bonchev–Trinajstić information content (AvgIpc) is 3.10. The average molecular weight is 298 g/mol. The topological polar surface area (TPSA) is 56.2 Å². The lowest BCUT2D eigenvalue weighted by Gasteiger charge is -2.16. The van der Waals surface area contributed by atoms with Crippen molar-refractivity contribution >= 4 is 16.3 Å². The van der Waals surface area contributed by atoms with Crippen LogP contribution in [0.1, 0.15) is 29.8 Å². The fourth-order valence-corrected chi connectivity index (χ4v) is 4.02. The van der Waals surface area contributed by atoms with Crippen molar-refractivity contribution in [3.8, 4) is 11.3 Å². The van der Waals surface area contributed by atoms with Gasteiger partial charge in [-0.25, -0.2) is 0 Å². The molecule has 108 valence electrons. The molecule has 0 amide bonds. The van der Waals surface area contributed by atoms with Gasteiger partial charge in [0.15, 0.2) is 0 Å². The maximum atomic E-state index is 5.68. The summed E-state index contributed by atoms with van der Waals surface area (Å²) in [5.74, 6) is 0.960. The Labute approximate surface area is 127 Å². The fourth-order valence-electron chi connectivity index (χ4n) is 3.16. The van der Waals surface area contributed by atoms with Crippen LogP contribution in [0.25, 0.3) is 16.2 Å². The molecule has 0 saturated carbocycles. The van der Waals surface area contributed by atoms with Crippen molar-refractivity contribution in [1.82, 2.24) is 14.6 Å². The van der Waals surface area contributed by atoms with Crippen LogP contribution in [0.4, 0.5) is 0 Å². The lowest BCUT2D eigenvalue weighted by Crippen LogP contribution is -2.07. The van der Waals surface area contributed by atoms with Gasteiger partial charge in [0.2, 0.25) is 4.96 Å². The highest BCUT2D eigenvalue weighted by atomic mass is 32.1. The molecule has 1 aliphatic rings. The van der Waals surface area contributed by atoms with Gasteiger partial charge in [-0.1, -0.05) is 12.1 Å². The van der Waals surface area contributed by atoms with Gasteiger partial charge in [-0.05, 0) is 55.0 Å². The van der Waals surface area contributed by atoms with E-state index in [1.54, 1.807) is 11.3 Å². The number of aryl methyl sites for hydroxylation is 2. The van der Waals surface area contributed by atoms with E-state index in [1.807, 2.05) is 0 Å². The molecule has 0 atom stereocenters. The first kappa shape index (κ1) is 13.0. The lowest BCUT2D eigenvalue weighted by molar-refractivity contribution is 0.686. The molecule has 0 aliphatic heterocycles. The molecule has 4 nitrogen and oxygen atoms in total. The molecule has 2 aromatic heterocycles. The van der Waals surface area contributed by atoms with E-state index in [0.717, 1.165) is 17.2 Å². The molecule has 1 aromatic carbocycles. The van der Waals surface area contributed by atoms with E-state index in [9.17, 15) is 0 Å². The van der Waals surface area contributed by atoms with E-state index in [1.165, 1.54) is 48.1 Å². The maximum absolute atomic E-state index is 5.68. The van der Waals surface area contributed by atoms with Crippen LogP contribution in [-0.2, 0) is 19.3 Å². The Kier molecular flexibility index (Phi) is 3.24. The number of hydrogen-bond acceptors (Lipinski definition) is 4. The summed E-state index contributed by atoms with van der Waals surface area (Å²) in [4.78, 5) is 0.950. The third-order valence-electron chi connectivity index (χ3n) is 4.23. The van der Waals surface area contributed by atoms with Crippen molar-refractivity contribution in [3.63, 3.8) is 0 Å². The van der Waals surface area contributed by atoms with Gasteiger partial charge >= 0.3 is 0 Å². The van der Waals surface area contributed by atoms with Crippen LogP contribution < -0.4 is 5.73 Å². The zero-order chi connectivity index (χ0) is 14.2. The van der Waals surface area contributed by atoms with Crippen molar-refractivity contribution < 1.29 is 0 Å². The molecule has 0 saturated heterocycles. The smallest absolute Gasteiger partial charge is 0.216 e. The van der Waals surface area contributed by atoms with Gasteiger partial charge < -0.3 is 5.73 Å². The number of hydrogen-bond donors (Lipinski definition) is 1. The molecule has 3 aromatic rings. The molecule has 5 heteroatoms. The van der Waals surface area contributed by atoms with E-state index in [-0.39, 0.29) is 0 Å². The van der Waals surface area contributed by atoms with Crippen LogP contribution in [0, 0.1) is 0 Å². The molecule has 0 spiro atoms. The Morgan fingerprint density at radius 1 is 1.14 bits per heavy atom. The highest BCUT2D eigenvalue weighted by molar-refractivity contribution is 7.15. The maximum Gasteiger partial charge on any atom is 0.216 e. The first-order chi connectivity index (χ1) is 10.4. The summed E-state index contributed by atoms with van der Waals surface area (Å²) in [6.07, 6.45) is 5.81. The molecule has 1 aliphatic carbocycles. The van der Waals surface area contributed by atoms with Crippen LogP contribution in [0.5, 0.6) is 0 Å². The molecule has 2 N–H and O–H groups in total. The van der Waals surface area contributed by atoms with Gasteiger partial charge in [-0.3, -0.25) is 4.40 Å². The molecule has 0 unspecified atom stereocenters. The Morgan fingerprint density at radius 3 is 2.86 bits per heavy atom. The van der Waals surface area contributed by atoms with Gasteiger partial charge in [-0.2, -0.15) is 0 Å². The highest BCUT2D eigenvalue weighted by Gasteiger charge is 2.15. The van der Waals surface area contributed by atoms with Gasteiger partial charge in [-0.15, -0.1) is 21.5 Å². The summed E-state index contributed by atoms with van der Waals surface area (Å²) in [7, 11) is 0. The minimum Gasteiger partial charge on any atom is -0.330 e. The third kappa shape index (κ3) is 2.17. The Bertz CT molecular complexity index is 787. The molecule has 0 fully saturated rings. The molecule has 2 heterocycles. The van der Waals surface area contributed by atoms with Crippen molar-refractivity contribution in [2.24, 2.45) is 5.73 Å². The zero-order valence-electron chi connectivity index (χ0n) is 11.9. The second kappa shape index (κ2) is 5.24. The normalized spacial score (nSPS) is 14.5. The Morgan fingerprint density at radius 2 is 2.00 bits per heavy atom. The van der Waals surface area contributed by atoms with Gasteiger partial charge in [0, 0.05) is 11.8 Å². The first-order valence-electron chi connectivity index (χ1n) is 7.50. The number of nitrogens with zero attached hydrogens (tertiary/aromatic N) is 3. The number of aromatic nitrogens is 3. The minimum absolute atomic E-state index is 0.597. The second-order valence-electron chi connectivity index (χ2n) is 5.58. The van der Waals surface area contributed by atoms with E-state index in [0.29, 0.717) is 6.54 Å². The second-order valence-corrected chi connectivity index (χ2v) is 6.42. The van der Waals surface area contributed by atoms with Crippen molar-refractivity contribution in [2.45, 2.75) is 32.1 Å². The zero-order valence-corrected chi connectivity index (χ0v) is 12.7. The number of benzene rings is 1. The van der Waals surface area contributed by atoms with E-state index in [2.05, 4.69) is 38.2 Å². The summed E-state index contributed by atoms with van der Waals surface area (Å²) in [5.41, 5.74) is 11.2. The summed E-state index contributed by atoms with van der Waals surface area (Å²) in [6, 6.07) is 6.88. The highest BCUT2D eigenvalue weighted by Crippen LogP contribution is 2.30. The van der Waals surface area contributed by atoms with E-state index in [4.69, 9.17) is 5.73 Å². The quantitative estimate of drug-likeness (QED) is 0.809. The van der Waals surface area contributed by atoms with Crippen LogP contribution >= 0.6 is 11.3 Å². The Balaban J connectivity index is 1.84. The monoisotopic (exact) mass is 298 g/mol. The number of fused-ring (bicyclic) bond motifs is 2.